The number of aromatic nitrogens is 5. The summed E-state index contributed by atoms with van der Waals surface area (Å²) in [4.78, 5) is 6.57. The molecular weight excluding hydrogens is 372 g/mol. The summed E-state index contributed by atoms with van der Waals surface area (Å²) in [5.41, 5.74) is 0.873. The summed E-state index contributed by atoms with van der Waals surface area (Å²) in [5.74, 6) is 2.02. The van der Waals surface area contributed by atoms with E-state index in [0.717, 1.165) is 42.7 Å². The second-order valence-corrected chi connectivity index (χ2v) is 7.92. The molecule has 1 atom stereocenters. The fraction of sp³-hybridized carbons (Fsp3) is 0.412. The van der Waals surface area contributed by atoms with Crippen LogP contribution in [0.1, 0.15) is 36.7 Å². The first kappa shape index (κ1) is 17.4. The molecule has 1 saturated heterocycles. The number of para-hydroxylation sites is 1. The maximum atomic E-state index is 6.48. The fourth-order valence-corrected chi connectivity index (χ4v) is 4.10. The van der Waals surface area contributed by atoms with Crippen molar-refractivity contribution in [1.29, 1.82) is 0 Å². The third kappa shape index (κ3) is 3.31. The number of hydrogen-bond acceptors (Lipinski definition) is 7. The van der Waals surface area contributed by atoms with E-state index in [9.17, 15) is 0 Å². The molecule has 9 heteroatoms. The van der Waals surface area contributed by atoms with Crippen molar-refractivity contribution in [2.75, 3.05) is 18.0 Å². The molecule has 136 valence electrons. The lowest BCUT2D eigenvalue weighted by atomic mass is 10.3. The molecule has 3 aromatic rings. The van der Waals surface area contributed by atoms with Crippen LogP contribution in [-0.4, -0.2) is 38.0 Å². The monoisotopic (exact) mass is 390 g/mol. The minimum absolute atomic E-state index is 0.0481. The third-order valence-corrected chi connectivity index (χ3v) is 5.62. The van der Waals surface area contributed by atoms with Crippen molar-refractivity contribution in [3.63, 3.8) is 0 Å². The van der Waals surface area contributed by atoms with Gasteiger partial charge >= 0.3 is 0 Å². The average molecular weight is 391 g/mol. The van der Waals surface area contributed by atoms with Crippen LogP contribution in [0.5, 0.6) is 0 Å². The van der Waals surface area contributed by atoms with Gasteiger partial charge in [-0.05, 0) is 38.8 Å². The van der Waals surface area contributed by atoms with Crippen molar-refractivity contribution in [3.8, 4) is 5.69 Å². The van der Waals surface area contributed by atoms with Crippen molar-refractivity contribution in [2.45, 2.75) is 37.1 Å². The molecular formula is C17H19ClN6OS. The zero-order chi connectivity index (χ0) is 18.1. The first-order valence-corrected chi connectivity index (χ1v) is 9.81. The van der Waals surface area contributed by atoms with Gasteiger partial charge < -0.3 is 9.42 Å². The van der Waals surface area contributed by atoms with Crippen LogP contribution < -0.4 is 4.90 Å². The third-order valence-electron chi connectivity index (χ3n) is 4.27. The van der Waals surface area contributed by atoms with E-state index in [-0.39, 0.29) is 5.25 Å². The average Bonchev–Trinajstić information content (AvgIpc) is 3.36. The molecule has 1 aromatic carbocycles. The molecule has 0 spiro atoms. The molecule has 26 heavy (non-hydrogen) atoms. The topological polar surface area (TPSA) is 72.9 Å². The smallest absolute Gasteiger partial charge is 0.239 e. The lowest BCUT2D eigenvalue weighted by Crippen LogP contribution is -2.22. The summed E-state index contributed by atoms with van der Waals surface area (Å²) >= 11 is 8.01. The summed E-state index contributed by atoms with van der Waals surface area (Å²) in [6, 6.07) is 7.75. The van der Waals surface area contributed by atoms with Gasteiger partial charge in [-0.15, -0.1) is 10.2 Å². The summed E-state index contributed by atoms with van der Waals surface area (Å²) < 4.78 is 7.32. The highest BCUT2D eigenvalue weighted by Gasteiger charge is 2.26. The Labute approximate surface area is 160 Å². The molecule has 1 fully saturated rings. The molecule has 1 aliphatic rings. The minimum Gasteiger partial charge on any atom is -0.341 e. The van der Waals surface area contributed by atoms with Gasteiger partial charge in [-0.3, -0.25) is 4.57 Å². The molecule has 0 N–H and O–H groups in total. The number of thioether (sulfide) groups is 1. The van der Waals surface area contributed by atoms with Crippen molar-refractivity contribution >= 4 is 29.3 Å². The van der Waals surface area contributed by atoms with Gasteiger partial charge in [0.25, 0.3) is 0 Å². The normalized spacial score (nSPS) is 15.6. The standard InChI is InChI=1S/C17H19ClN6OS/c1-11(15-19-12(2)22-25-15)26-17-21-20-16(23-9-5-6-10-23)24(17)14-8-4-3-7-13(14)18/h3-4,7-8,11H,5-6,9-10H2,1-2H3. The van der Waals surface area contributed by atoms with Gasteiger partial charge in [0.15, 0.2) is 11.0 Å². The van der Waals surface area contributed by atoms with Gasteiger partial charge in [-0.2, -0.15) is 4.98 Å². The number of aryl methyl sites for hydroxylation is 1. The van der Waals surface area contributed by atoms with Crippen LogP contribution >= 0.6 is 23.4 Å². The van der Waals surface area contributed by atoms with Crippen LogP contribution in [0.25, 0.3) is 5.69 Å². The number of benzene rings is 1. The number of nitrogens with zero attached hydrogens (tertiary/aromatic N) is 6. The Morgan fingerprint density at radius 1 is 1.19 bits per heavy atom. The summed E-state index contributed by atoms with van der Waals surface area (Å²) in [6.45, 7) is 5.78. The van der Waals surface area contributed by atoms with E-state index >= 15 is 0 Å². The molecule has 0 aliphatic carbocycles. The molecule has 2 aromatic heterocycles. The zero-order valence-electron chi connectivity index (χ0n) is 14.6. The van der Waals surface area contributed by atoms with Crippen LogP contribution in [0.2, 0.25) is 5.02 Å². The maximum absolute atomic E-state index is 6.48. The van der Waals surface area contributed by atoms with Crippen molar-refractivity contribution in [1.82, 2.24) is 24.9 Å². The molecule has 0 radical (unpaired) electrons. The number of rotatable bonds is 5. The predicted octanol–water partition coefficient (Wildman–Crippen LogP) is 4.07. The van der Waals surface area contributed by atoms with Crippen LogP contribution in [0.15, 0.2) is 33.9 Å². The highest BCUT2D eigenvalue weighted by Crippen LogP contribution is 2.37. The molecule has 4 rings (SSSR count). The van der Waals surface area contributed by atoms with E-state index in [1.165, 1.54) is 11.8 Å². The van der Waals surface area contributed by atoms with Crippen LogP contribution in [0.3, 0.4) is 0 Å². The van der Waals surface area contributed by atoms with Gasteiger partial charge in [-0.1, -0.05) is 40.7 Å². The number of halogens is 1. The lowest BCUT2D eigenvalue weighted by molar-refractivity contribution is 0.376. The van der Waals surface area contributed by atoms with E-state index < -0.39 is 0 Å². The first-order chi connectivity index (χ1) is 12.6. The Morgan fingerprint density at radius 3 is 2.65 bits per heavy atom. The van der Waals surface area contributed by atoms with E-state index in [2.05, 4.69) is 25.2 Å². The van der Waals surface area contributed by atoms with Crippen LogP contribution in [0, 0.1) is 6.92 Å². The maximum Gasteiger partial charge on any atom is 0.239 e. The van der Waals surface area contributed by atoms with Crippen molar-refractivity contribution in [2.24, 2.45) is 0 Å². The predicted molar refractivity (Wildman–Crippen MR) is 101 cm³/mol. The fourth-order valence-electron chi connectivity index (χ4n) is 2.99. The van der Waals surface area contributed by atoms with Crippen molar-refractivity contribution in [3.05, 3.63) is 41.0 Å². The van der Waals surface area contributed by atoms with Gasteiger partial charge in [0.1, 0.15) is 0 Å². The Morgan fingerprint density at radius 2 is 1.96 bits per heavy atom. The Kier molecular flexibility index (Phi) is 4.86. The Balaban J connectivity index is 1.73. The van der Waals surface area contributed by atoms with E-state index in [0.29, 0.717) is 16.7 Å². The lowest BCUT2D eigenvalue weighted by Gasteiger charge is -2.19. The van der Waals surface area contributed by atoms with Gasteiger partial charge in [0, 0.05) is 13.1 Å². The second kappa shape index (κ2) is 7.28. The highest BCUT2D eigenvalue weighted by atomic mass is 35.5. The Hall–Kier alpha value is -2.06. The van der Waals surface area contributed by atoms with E-state index in [1.807, 2.05) is 42.7 Å². The summed E-state index contributed by atoms with van der Waals surface area (Å²) in [7, 11) is 0. The van der Waals surface area contributed by atoms with E-state index in [4.69, 9.17) is 16.1 Å². The van der Waals surface area contributed by atoms with Crippen LogP contribution in [-0.2, 0) is 0 Å². The molecule has 3 heterocycles. The number of anilines is 1. The summed E-state index contributed by atoms with van der Waals surface area (Å²) in [5, 5.41) is 14.1. The van der Waals surface area contributed by atoms with Gasteiger partial charge in [-0.25, -0.2) is 0 Å². The molecule has 1 aliphatic heterocycles. The highest BCUT2D eigenvalue weighted by molar-refractivity contribution is 7.99. The summed E-state index contributed by atoms with van der Waals surface area (Å²) in [6.07, 6.45) is 2.32. The number of hydrogen-bond donors (Lipinski definition) is 0. The zero-order valence-corrected chi connectivity index (χ0v) is 16.2. The minimum atomic E-state index is -0.0481. The quantitative estimate of drug-likeness (QED) is 0.608. The first-order valence-electron chi connectivity index (χ1n) is 8.55. The molecule has 7 nitrogen and oxygen atoms in total. The van der Waals surface area contributed by atoms with E-state index in [1.54, 1.807) is 0 Å². The van der Waals surface area contributed by atoms with Crippen LogP contribution in [0.4, 0.5) is 5.95 Å². The second-order valence-electron chi connectivity index (χ2n) is 6.20. The van der Waals surface area contributed by atoms with Crippen molar-refractivity contribution < 1.29 is 4.52 Å². The SMILES string of the molecule is Cc1noc(C(C)Sc2nnc(N3CCCC3)n2-c2ccccc2Cl)n1. The molecule has 1 unspecified atom stereocenters. The Bertz CT molecular complexity index is 904. The molecule has 0 bridgehead atoms. The van der Waals surface area contributed by atoms with Gasteiger partial charge in [0.2, 0.25) is 11.8 Å². The molecule has 0 amide bonds. The molecule has 0 saturated carbocycles. The van der Waals surface area contributed by atoms with Gasteiger partial charge in [0.05, 0.1) is 16.0 Å². The largest absolute Gasteiger partial charge is 0.341 e.